The summed E-state index contributed by atoms with van der Waals surface area (Å²) in [6.07, 6.45) is 0.0665. The van der Waals surface area contributed by atoms with Crippen LogP contribution in [0.2, 0.25) is 0 Å². The Bertz CT molecular complexity index is 502. The summed E-state index contributed by atoms with van der Waals surface area (Å²) in [6, 6.07) is 2.34. The third kappa shape index (κ3) is 1.99. The van der Waals surface area contributed by atoms with Gasteiger partial charge in [0, 0.05) is 12.2 Å². The Morgan fingerprint density at radius 3 is 2.88 bits per heavy atom. The number of anilines is 1. The minimum Gasteiger partial charge on any atom is -0.481 e. The van der Waals surface area contributed by atoms with Crippen LogP contribution in [0, 0.1) is 5.82 Å². The van der Waals surface area contributed by atoms with Crippen LogP contribution in [0.25, 0.3) is 0 Å². The molecule has 1 heterocycles. The molecule has 1 unspecified atom stereocenters. The molecule has 0 saturated heterocycles. The maximum absolute atomic E-state index is 13.3. The van der Waals surface area contributed by atoms with Crippen LogP contribution < -0.4 is 11.1 Å². The molecule has 0 fully saturated rings. The van der Waals surface area contributed by atoms with E-state index in [1.807, 2.05) is 0 Å². The van der Waals surface area contributed by atoms with Crippen LogP contribution in [0.15, 0.2) is 12.1 Å². The molecule has 0 bridgehead atoms. The van der Waals surface area contributed by atoms with Crippen molar-refractivity contribution in [1.82, 2.24) is 0 Å². The minimum atomic E-state index is -1.14. The fourth-order valence-electron chi connectivity index (χ4n) is 1.97. The van der Waals surface area contributed by atoms with E-state index in [1.165, 1.54) is 6.07 Å². The van der Waals surface area contributed by atoms with Crippen molar-refractivity contribution in [2.75, 3.05) is 11.9 Å². The average Bonchev–Trinajstić information content (AvgIpc) is 2.58. The van der Waals surface area contributed by atoms with Gasteiger partial charge in [0.25, 0.3) is 0 Å². The molecular weight excluding hydrogens is 227 g/mol. The number of hydrogen-bond acceptors (Lipinski definition) is 3. The van der Waals surface area contributed by atoms with E-state index in [4.69, 9.17) is 10.8 Å². The third-order valence-electron chi connectivity index (χ3n) is 2.74. The highest BCUT2D eigenvalue weighted by Gasteiger charge is 2.28. The van der Waals surface area contributed by atoms with Crippen LogP contribution in [0.1, 0.15) is 17.0 Å². The van der Waals surface area contributed by atoms with Crippen molar-refractivity contribution in [1.29, 1.82) is 0 Å². The van der Waals surface area contributed by atoms with Crippen LogP contribution in [0.3, 0.4) is 0 Å². The largest absolute Gasteiger partial charge is 0.481 e. The van der Waals surface area contributed by atoms with Crippen molar-refractivity contribution < 1.29 is 19.1 Å². The van der Waals surface area contributed by atoms with E-state index in [1.54, 1.807) is 0 Å². The highest BCUT2D eigenvalue weighted by molar-refractivity contribution is 6.01. The van der Waals surface area contributed by atoms with Gasteiger partial charge in [0.05, 0.1) is 12.3 Å². The van der Waals surface area contributed by atoms with Gasteiger partial charge in [-0.2, -0.15) is 0 Å². The second-order valence-electron chi connectivity index (χ2n) is 3.88. The summed E-state index contributed by atoms with van der Waals surface area (Å²) in [5, 5.41) is 11.5. The van der Waals surface area contributed by atoms with E-state index in [9.17, 15) is 14.0 Å². The Labute approximate surface area is 96.4 Å². The number of carbonyl (C=O) groups is 2. The lowest BCUT2D eigenvalue weighted by molar-refractivity contribution is -0.138. The summed E-state index contributed by atoms with van der Waals surface area (Å²) in [4.78, 5) is 22.2. The maximum Gasteiger partial charge on any atom is 0.312 e. The van der Waals surface area contributed by atoms with Crippen LogP contribution in [-0.2, 0) is 16.0 Å². The van der Waals surface area contributed by atoms with Gasteiger partial charge in [0.1, 0.15) is 5.82 Å². The van der Waals surface area contributed by atoms with Gasteiger partial charge in [-0.3, -0.25) is 9.59 Å². The second kappa shape index (κ2) is 4.14. The number of carboxylic acids is 1. The molecule has 1 aliphatic rings. The smallest absolute Gasteiger partial charge is 0.312 e. The van der Waals surface area contributed by atoms with Gasteiger partial charge in [-0.05, 0) is 23.3 Å². The van der Waals surface area contributed by atoms with Gasteiger partial charge in [-0.25, -0.2) is 4.39 Å². The van der Waals surface area contributed by atoms with Gasteiger partial charge >= 0.3 is 5.97 Å². The number of hydrogen-bond donors (Lipinski definition) is 3. The number of rotatable bonds is 3. The normalized spacial score (nSPS) is 15.3. The third-order valence-corrected chi connectivity index (χ3v) is 2.74. The molecular formula is C11H11FN2O3. The fraction of sp³-hybridized carbons (Fsp3) is 0.273. The van der Waals surface area contributed by atoms with Crippen molar-refractivity contribution in [3.05, 3.63) is 29.1 Å². The molecule has 0 radical (unpaired) electrons. The summed E-state index contributed by atoms with van der Waals surface area (Å²) in [6.45, 7) is -0.152. The highest BCUT2D eigenvalue weighted by Crippen LogP contribution is 2.33. The minimum absolute atomic E-state index is 0.0665. The summed E-state index contributed by atoms with van der Waals surface area (Å²) in [5.41, 5.74) is 6.45. The second-order valence-corrected chi connectivity index (χ2v) is 3.88. The van der Waals surface area contributed by atoms with E-state index >= 15 is 0 Å². The number of nitrogens with two attached hydrogens (primary N) is 1. The first-order valence-corrected chi connectivity index (χ1v) is 5.08. The van der Waals surface area contributed by atoms with Gasteiger partial charge in [0.15, 0.2) is 0 Å². The number of fused-ring (bicyclic) bond motifs is 1. The molecule has 1 amide bonds. The van der Waals surface area contributed by atoms with Gasteiger partial charge in [0.2, 0.25) is 5.91 Å². The lowest BCUT2D eigenvalue weighted by atomic mass is 9.95. The van der Waals surface area contributed by atoms with Gasteiger partial charge in [-0.15, -0.1) is 0 Å². The Kier molecular flexibility index (Phi) is 2.81. The molecule has 6 heteroatoms. The lowest BCUT2D eigenvalue weighted by Gasteiger charge is -2.14. The Morgan fingerprint density at radius 1 is 1.59 bits per heavy atom. The van der Waals surface area contributed by atoms with Crippen molar-refractivity contribution in [2.45, 2.75) is 12.3 Å². The fourth-order valence-corrected chi connectivity index (χ4v) is 1.97. The van der Waals surface area contributed by atoms with E-state index in [-0.39, 0.29) is 24.4 Å². The Morgan fingerprint density at radius 2 is 2.29 bits per heavy atom. The summed E-state index contributed by atoms with van der Waals surface area (Å²) in [5.74, 6) is -2.98. The van der Waals surface area contributed by atoms with Crippen LogP contribution >= 0.6 is 0 Å². The summed E-state index contributed by atoms with van der Waals surface area (Å²) in [7, 11) is 0. The molecule has 17 heavy (non-hydrogen) atoms. The van der Waals surface area contributed by atoms with Crippen LogP contribution in [-0.4, -0.2) is 23.5 Å². The summed E-state index contributed by atoms with van der Waals surface area (Å²) < 4.78 is 13.3. The number of benzene rings is 1. The molecule has 1 aromatic rings. The quantitative estimate of drug-likeness (QED) is 0.712. The van der Waals surface area contributed by atoms with Crippen molar-refractivity contribution in [3.63, 3.8) is 0 Å². The number of aliphatic carboxylic acids is 1. The van der Waals surface area contributed by atoms with E-state index in [0.29, 0.717) is 11.3 Å². The SMILES string of the molecule is NCC(C(=O)O)c1cc(F)cc2c1NC(=O)C2. The van der Waals surface area contributed by atoms with Crippen LogP contribution in [0.4, 0.5) is 10.1 Å². The number of carboxylic acid groups (broad SMARTS) is 1. The molecule has 1 atom stereocenters. The maximum atomic E-state index is 13.3. The van der Waals surface area contributed by atoms with E-state index < -0.39 is 17.7 Å². The molecule has 1 aromatic carbocycles. The predicted octanol–water partition coefficient (Wildman–Crippen LogP) is 0.447. The zero-order valence-electron chi connectivity index (χ0n) is 8.87. The molecule has 5 nitrogen and oxygen atoms in total. The molecule has 0 spiro atoms. The van der Waals surface area contributed by atoms with Crippen molar-refractivity contribution in [2.24, 2.45) is 5.73 Å². The number of halogens is 1. The molecule has 1 aliphatic heterocycles. The van der Waals surface area contributed by atoms with Crippen LogP contribution in [0.5, 0.6) is 0 Å². The van der Waals surface area contributed by atoms with Gasteiger partial charge in [-0.1, -0.05) is 0 Å². The standard InChI is InChI=1S/C11H11FN2O3/c12-6-1-5-2-9(15)14-10(5)7(3-6)8(4-13)11(16)17/h1,3,8H,2,4,13H2,(H,14,15)(H,16,17). The van der Waals surface area contributed by atoms with E-state index in [0.717, 1.165) is 6.07 Å². The first-order chi connectivity index (χ1) is 8.02. The molecule has 2 rings (SSSR count). The van der Waals surface area contributed by atoms with Crippen molar-refractivity contribution >= 4 is 17.6 Å². The molecule has 0 aliphatic carbocycles. The first kappa shape index (κ1) is 11.5. The summed E-state index contributed by atoms with van der Waals surface area (Å²) >= 11 is 0. The average molecular weight is 238 g/mol. The van der Waals surface area contributed by atoms with Crippen molar-refractivity contribution in [3.8, 4) is 0 Å². The first-order valence-electron chi connectivity index (χ1n) is 5.08. The molecule has 4 N–H and O–H groups in total. The lowest BCUT2D eigenvalue weighted by Crippen LogP contribution is -2.22. The predicted molar refractivity (Wildman–Crippen MR) is 58.2 cm³/mol. The molecule has 0 saturated carbocycles. The highest BCUT2D eigenvalue weighted by atomic mass is 19.1. The monoisotopic (exact) mass is 238 g/mol. The zero-order valence-corrected chi connectivity index (χ0v) is 8.87. The Hall–Kier alpha value is -1.95. The number of nitrogens with one attached hydrogen (secondary N) is 1. The van der Waals surface area contributed by atoms with Gasteiger partial charge < -0.3 is 16.2 Å². The van der Waals surface area contributed by atoms with E-state index in [2.05, 4.69) is 5.32 Å². The topological polar surface area (TPSA) is 92.4 Å². The molecule has 90 valence electrons. The Balaban J connectivity index is 2.54. The number of carbonyl (C=O) groups excluding carboxylic acids is 1. The molecule has 0 aromatic heterocycles. The zero-order chi connectivity index (χ0) is 12.6. The number of amides is 1.